The Hall–Kier alpha value is -2.33. The number of nitrogens with zero attached hydrogens (tertiary/aromatic N) is 2. The number of benzene rings is 2. The number of anilines is 2. The first-order valence-corrected chi connectivity index (χ1v) is 8.55. The second-order valence-electron chi connectivity index (χ2n) is 6.39. The molecule has 1 aliphatic rings. The zero-order valence-corrected chi connectivity index (χ0v) is 14.4. The minimum absolute atomic E-state index is 0.0621. The lowest BCUT2D eigenvalue weighted by atomic mass is 10.2. The molecule has 0 aromatic heterocycles. The topological polar surface area (TPSA) is 35.6 Å². The standard InChI is InChI=1S/C20H25N3O/c1-16-8-10-18(11-9-16)21-20(24)17(2)22-12-14-23(15-13-22)19-6-4-3-5-7-19/h3-11,17H,12-15H2,1-2H3,(H,21,24)/t17-/m0/s1. The van der Waals surface area contributed by atoms with Crippen LogP contribution in [0.3, 0.4) is 0 Å². The van der Waals surface area contributed by atoms with Gasteiger partial charge >= 0.3 is 0 Å². The molecule has 0 spiro atoms. The highest BCUT2D eigenvalue weighted by atomic mass is 16.2. The van der Waals surface area contributed by atoms with Gasteiger partial charge in [-0.25, -0.2) is 0 Å². The molecule has 1 N–H and O–H groups in total. The van der Waals surface area contributed by atoms with Gasteiger partial charge in [0.15, 0.2) is 0 Å². The van der Waals surface area contributed by atoms with E-state index in [4.69, 9.17) is 0 Å². The van der Waals surface area contributed by atoms with E-state index in [2.05, 4.69) is 39.4 Å². The maximum atomic E-state index is 12.5. The number of carbonyl (C=O) groups excluding carboxylic acids is 1. The van der Waals surface area contributed by atoms with Gasteiger partial charge in [-0.05, 0) is 38.1 Å². The molecule has 1 aliphatic heterocycles. The Kier molecular flexibility index (Phi) is 5.16. The summed E-state index contributed by atoms with van der Waals surface area (Å²) >= 11 is 0. The van der Waals surface area contributed by atoms with E-state index in [1.54, 1.807) is 0 Å². The van der Waals surface area contributed by atoms with E-state index in [0.29, 0.717) is 0 Å². The number of piperazine rings is 1. The Morgan fingerprint density at radius 2 is 1.58 bits per heavy atom. The molecule has 1 saturated heterocycles. The summed E-state index contributed by atoms with van der Waals surface area (Å²) in [7, 11) is 0. The monoisotopic (exact) mass is 323 g/mol. The van der Waals surface area contributed by atoms with Crippen LogP contribution in [0.1, 0.15) is 12.5 Å². The van der Waals surface area contributed by atoms with Crippen LogP contribution in [0.4, 0.5) is 11.4 Å². The zero-order valence-electron chi connectivity index (χ0n) is 14.4. The molecular formula is C20H25N3O. The van der Waals surface area contributed by atoms with Crippen molar-refractivity contribution >= 4 is 17.3 Å². The van der Waals surface area contributed by atoms with Crippen molar-refractivity contribution in [2.24, 2.45) is 0 Å². The highest BCUT2D eigenvalue weighted by molar-refractivity contribution is 5.94. The molecule has 126 valence electrons. The Morgan fingerprint density at radius 1 is 0.958 bits per heavy atom. The van der Waals surface area contributed by atoms with Crippen LogP contribution in [0.25, 0.3) is 0 Å². The minimum atomic E-state index is -0.121. The van der Waals surface area contributed by atoms with Gasteiger partial charge in [0.25, 0.3) is 0 Å². The van der Waals surface area contributed by atoms with Crippen molar-refractivity contribution in [3.63, 3.8) is 0 Å². The lowest BCUT2D eigenvalue weighted by Gasteiger charge is -2.38. The Morgan fingerprint density at radius 3 is 2.21 bits per heavy atom. The van der Waals surface area contributed by atoms with Crippen molar-refractivity contribution < 1.29 is 4.79 Å². The smallest absolute Gasteiger partial charge is 0.241 e. The molecule has 3 rings (SSSR count). The summed E-state index contributed by atoms with van der Waals surface area (Å²) in [6, 6.07) is 18.3. The van der Waals surface area contributed by atoms with Gasteiger partial charge < -0.3 is 10.2 Å². The molecule has 4 nitrogen and oxygen atoms in total. The molecule has 0 aliphatic carbocycles. The number of nitrogens with one attached hydrogen (secondary N) is 1. The summed E-state index contributed by atoms with van der Waals surface area (Å²) in [5.41, 5.74) is 3.31. The van der Waals surface area contributed by atoms with Gasteiger partial charge in [-0.3, -0.25) is 9.69 Å². The van der Waals surface area contributed by atoms with E-state index in [0.717, 1.165) is 31.9 Å². The molecule has 0 bridgehead atoms. The van der Waals surface area contributed by atoms with Crippen LogP contribution in [-0.4, -0.2) is 43.0 Å². The first-order chi connectivity index (χ1) is 11.6. The Bertz CT molecular complexity index is 661. The number of hydrogen-bond acceptors (Lipinski definition) is 3. The summed E-state index contributed by atoms with van der Waals surface area (Å²) < 4.78 is 0. The summed E-state index contributed by atoms with van der Waals surface area (Å²) in [6.07, 6.45) is 0. The number of rotatable bonds is 4. The van der Waals surface area contributed by atoms with E-state index >= 15 is 0 Å². The first-order valence-electron chi connectivity index (χ1n) is 8.55. The number of carbonyl (C=O) groups is 1. The van der Waals surface area contributed by atoms with Crippen LogP contribution in [0.5, 0.6) is 0 Å². The zero-order chi connectivity index (χ0) is 16.9. The van der Waals surface area contributed by atoms with Crippen LogP contribution < -0.4 is 10.2 Å². The second kappa shape index (κ2) is 7.49. The van der Waals surface area contributed by atoms with Crippen molar-refractivity contribution in [1.82, 2.24) is 4.90 Å². The highest BCUT2D eigenvalue weighted by Crippen LogP contribution is 2.17. The summed E-state index contributed by atoms with van der Waals surface area (Å²) in [5.74, 6) is 0.0621. The van der Waals surface area contributed by atoms with Crippen molar-refractivity contribution in [3.05, 3.63) is 60.2 Å². The summed E-state index contributed by atoms with van der Waals surface area (Å²) in [4.78, 5) is 17.1. The second-order valence-corrected chi connectivity index (χ2v) is 6.39. The summed E-state index contributed by atoms with van der Waals surface area (Å²) in [6.45, 7) is 7.73. The molecule has 0 unspecified atom stereocenters. The molecule has 0 radical (unpaired) electrons. The van der Waals surface area contributed by atoms with Crippen LogP contribution in [0.15, 0.2) is 54.6 Å². The molecule has 2 aromatic carbocycles. The largest absolute Gasteiger partial charge is 0.369 e. The van der Waals surface area contributed by atoms with Gasteiger partial charge in [-0.15, -0.1) is 0 Å². The summed E-state index contributed by atoms with van der Waals surface area (Å²) in [5, 5.41) is 3.01. The van der Waals surface area contributed by atoms with Gasteiger partial charge in [0, 0.05) is 37.6 Å². The molecule has 1 heterocycles. The average Bonchev–Trinajstić information content (AvgIpc) is 2.64. The lowest BCUT2D eigenvalue weighted by molar-refractivity contribution is -0.120. The van der Waals surface area contributed by atoms with E-state index in [-0.39, 0.29) is 11.9 Å². The van der Waals surface area contributed by atoms with Crippen LogP contribution in [-0.2, 0) is 4.79 Å². The fourth-order valence-electron chi connectivity index (χ4n) is 3.06. The molecule has 4 heteroatoms. The number of para-hydroxylation sites is 1. The highest BCUT2D eigenvalue weighted by Gasteiger charge is 2.25. The normalized spacial score (nSPS) is 16.7. The Labute approximate surface area is 144 Å². The molecule has 0 saturated carbocycles. The van der Waals surface area contributed by atoms with Gasteiger partial charge in [0.2, 0.25) is 5.91 Å². The predicted octanol–water partition coefficient (Wildman–Crippen LogP) is 3.14. The van der Waals surface area contributed by atoms with E-state index in [1.165, 1.54) is 11.3 Å². The third-order valence-electron chi connectivity index (χ3n) is 4.68. The molecule has 1 amide bonds. The lowest BCUT2D eigenvalue weighted by Crippen LogP contribution is -2.52. The fourth-order valence-corrected chi connectivity index (χ4v) is 3.06. The van der Waals surface area contributed by atoms with Crippen molar-refractivity contribution in [2.45, 2.75) is 19.9 Å². The molecule has 1 atom stereocenters. The van der Waals surface area contributed by atoms with Crippen molar-refractivity contribution in [1.29, 1.82) is 0 Å². The molecule has 1 fully saturated rings. The van der Waals surface area contributed by atoms with Gasteiger partial charge in [-0.2, -0.15) is 0 Å². The number of aryl methyl sites for hydroxylation is 1. The molecular weight excluding hydrogens is 298 g/mol. The fraction of sp³-hybridized carbons (Fsp3) is 0.350. The maximum Gasteiger partial charge on any atom is 0.241 e. The third kappa shape index (κ3) is 3.95. The first kappa shape index (κ1) is 16.5. The average molecular weight is 323 g/mol. The predicted molar refractivity (Wildman–Crippen MR) is 99.5 cm³/mol. The molecule has 24 heavy (non-hydrogen) atoms. The van der Waals surface area contributed by atoms with Gasteiger partial charge in [0.05, 0.1) is 6.04 Å². The maximum absolute atomic E-state index is 12.5. The quantitative estimate of drug-likeness (QED) is 0.939. The number of hydrogen-bond donors (Lipinski definition) is 1. The van der Waals surface area contributed by atoms with Crippen LogP contribution >= 0.6 is 0 Å². The van der Waals surface area contributed by atoms with E-state index in [1.807, 2.05) is 44.2 Å². The minimum Gasteiger partial charge on any atom is -0.369 e. The van der Waals surface area contributed by atoms with E-state index < -0.39 is 0 Å². The van der Waals surface area contributed by atoms with Crippen LogP contribution in [0, 0.1) is 6.92 Å². The van der Waals surface area contributed by atoms with Crippen LogP contribution in [0.2, 0.25) is 0 Å². The Balaban J connectivity index is 1.53. The van der Waals surface area contributed by atoms with Gasteiger partial charge in [-0.1, -0.05) is 35.9 Å². The SMILES string of the molecule is Cc1ccc(NC(=O)[C@H](C)N2CCN(c3ccccc3)CC2)cc1. The molecule has 2 aromatic rings. The number of amides is 1. The van der Waals surface area contributed by atoms with Crippen molar-refractivity contribution in [2.75, 3.05) is 36.4 Å². The van der Waals surface area contributed by atoms with Crippen molar-refractivity contribution in [3.8, 4) is 0 Å². The van der Waals surface area contributed by atoms with Gasteiger partial charge in [0.1, 0.15) is 0 Å². The third-order valence-corrected chi connectivity index (χ3v) is 4.68. The van der Waals surface area contributed by atoms with E-state index in [9.17, 15) is 4.79 Å².